The molecule has 178 valence electrons. The van der Waals surface area contributed by atoms with Gasteiger partial charge in [0.05, 0.1) is 18.1 Å². The molecule has 0 saturated heterocycles. The maximum absolute atomic E-state index is 12.8. The zero-order chi connectivity index (χ0) is 24.8. The molecule has 0 saturated carbocycles. The lowest BCUT2D eigenvalue weighted by molar-refractivity contribution is -0.115. The normalized spacial score (nSPS) is 11.5. The van der Waals surface area contributed by atoms with Gasteiger partial charge in [0.2, 0.25) is 5.91 Å². The molecular formula is C27H25N3O3S2. The fourth-order valence-electron chi connectivity index (χ4n) is 3.36. The second kappa shape index (κ2) is 11.2. The van der Waals surface area contributed by atoms with Crippen LogP contribution in [0.1, 0.15) is 22.2 Å². The van der Waals surface area contributed by atoms with Crippen molar-refractivity contribution >= 4 is 45.7 Å². The molecule has 0 aliphatic heterocycles. The molecular weight excluding hydrogens is 478 g/mol. The Bertz CT molecular complexity index is 1320. The summed E-state index contributed by atoms with van der Waals surface area (Å²) in [6.45, 7) is 3.86. The zero-order valence-electron chi connectivity index (χ0n) is 19.6. The number of ether oxygens (including phenoxy) is 1. The van der Waals surface area contributed by atoms with Gasteiger partial charge in [0, 0.05) is 26.6 Å². The van der Waals surface area contributed by atoms with Gasteiger partial charge in [0.1, 0.15) is 5.75 Å². The van der Waals surface area contributed by atoms with Crippen LogP contribution in [0.4, 0.5) is 10.8 Å². The Kier molecular flexibility index (Phi) is 7.84. The molecule has 4 rings (SSSR count). The minimum absolute atomic E-state index is 0.112. The highest BCUT2D eigenvalue weighted by Gasteiger charge is 2.18. The third-order valence-electron chi connectivity index (χ3n) is 5.20. The predicted octanol–water partition coefficient (Wildman–Crippen LogP) is 6.50. The minimum Gasteiger partial charge on any atom is -0.497 e. The van der Waals surface area contributed by atoms with Gasteiger partial charge >= 0.3 is 0 Å². The third-order valence-corrected chi connectivity index (χ3v) is 7.20. The number of carbonyl (C=O) groups excluding carboxylic acids is 2. The fraction of sp³-hybridized carbons (Fsp3) is 0.148. The van der Waals surface area contributed by atoms with E-state index in [9.17, 15) is 9.59 Å². The van der Waals surface area contributed by atoms with E-state index >= 15 is 0 Å². The van der Waals surface area contributed by atoms with Crippen LogP contribution >= 0.6 is 23.1 Å². The summed E-state index contributed by atoms with van der Waals surface area (Å²) in [5.41, 5.74) is 3.10. The van der Waals surface area contributed by atoms with Crippen molar-refractivity contribution in [2.75, 3.05) is 17.7 Å². The van der Waals surface area contributed by atoms with Gasteiger partial charge in [-0.05, 0) is 56.3 Å². The van der Waals surface area contributed by atoms with E-state index in [1.807, 2.05) is 68.4 Å². The largest absolute Gasteiger partial charge is 0.497 e. The maximum atomic E-state index is 12.8. The Hall–Kier alpha value is -3.62. The lowest BCUT2D eigenvalue weighted by atomic mass is 10.1. The van der Waals surface area contributed by atoms with E-state index in [4.69, 9.17) is 4.74 Å². The molecule has 2 amide bonds. The standard InChI is InChI=1S/C27H25N3O3S2/c1-17-24(19-8-5-4-6-9-19)29-27(35-17)30-25(31)18(2)34-23-14-12-21(13-15-23)28-26(32)20-10-7-11-22(16-20)33-3/h4-16,18H,1-3H3,(H,28,32)(H,29,30,31). The molecule has 1 unspecified atom stereocenters. The highest BCUT2D eigenvalue weighted by atomic mass is 32.2. The summed E-state index contributed by atoms with van der Waals surface area (Å²) in [6, 6.07) is 24.3. The van der Waals surface area contributed by atoms with Crippen LogP contribution in [0.2, 0.25) is 0 Å². The van der Waals surface area contributed by atoms with Gasteiger partial charge in [-0.15, -0.1) is 23.1 Å². The highest BCUT2D eigenvalue weighted by Crippen LogP contribution is 2.31. The molecule has 2 N–H and O–H groups in total. The number of amides is 2. The number of thioether (sulfide) groups is 1. The number of nitrogens with one attached hydrogen (secondary N) is 2. The predicted molar refractivity (Wildman–Crippen MR) is 144 cm³/mol. The van der Waals surface area contributed by atoms with Crippen molar-refractivity contribution in [3.05, 3.63) is 89.3 Å². The summed E-state index contributed by atoms with van der Waals surface area (Å²) < 4.78 is 5.17. The van der Waals surface area contributed by atoms with E-state index in [0.29, 0.717) is 22.1 Å². The van der Waals surface area contributed by atoms with Gasteiger partial charge in [0.15, 0.2) is 5.13 Å². The number of anilines is 2. The minimum atomic E-state index is -0.323. The lowest BCUT2D eigenvalue weighted by Gasteiger charge is -2.11. The summed E-state index contributed by atoms with van der Waals surface area (Å²) in [6.07, 6.45) is 0. The topological polar surface area (TPSA) is 80.3 Å². The van der Waals surface area contributed by atoms with Crippen LogP contribution in [0, 0.1) is 6.92 Å². The van der Waals surface area contributed by atoms with Crippen LogP contribution in [0.3, 0.4) is 0 Å². The van der Waals surface area contributed by atoms with Gasteiger partial charge < -0.3 is 15.4 Å². The van der Waals surface area contributed by atoms with E-state index in [1.54, 1.807) is 31.4 Å². The second-order valence-corrected chi connectivity index (χ2v) is 10.4. The van der Waals surface area contributed by atoms with Crippen LogP contribution in [-0.4, -0.2) is 29.2 Å². The van der Waals surface area contributed by atoms with Crippen molar-refractivity contribution in [3.63, 3.8) is 0 Å². The first-order valence-electron chi connectivity index (χ1n) is 11.0. The van der Waals surface area contributed by atoms with Crippen molar-refractivity contribution in [2.45, 2.75) is 24.0 Å². The van der Waals surface area contributed by atoms with E-state index in [-0.39, 0.29) is 17.1 Å². The second-order valence-electron chi connectivity index (χ2n) is 7.75. The van der Waals surface area contributed by atoms with Gasteiger partial charge in [-0.2, -0.15) is 0 Å². The molecule has 35 heavy (non-hydrogen) atoms. The van der Waals surface area contributed by atoms with Crippen LogP contribution in [0.15, 0.2) is 83.8 Å². The third kappa shape index (κ3) is 6.29. The average molecular weight is 504 g/mol. The number of hydrogen-bond acceptors (Lipinski definition) is 6. The summed E-state index contributed by atoms with van der Waals surface area (Å²) in [5, 5.41) is 6.08. The van der Waals surface area contributed by atoms with E-state index in [0.717, 1.165) is 21.0 Å². The molecule has 8 heteroatoms. The van der Waals surface area contributed by atoms with Crippen LogP contribution in [0.25, 0.3) is 11.3 Å². The monoisotopic (exact) mass is 503 g/mol. The van der Waals surface area contributed by atoms with E-state index in [1.165, 1.54) is 23.1 Å². The first-order chi connectivity index (χ1) is 16.9. The first-order valence-corrected chi connectivity index (χ1v) is 12.7. The number of hydrogen-bond donors (Lipinski definition) is 2. The Balaban J connectivity index is 1.34. The Morgan fingerprint density at radius 2 is 1.71 bits per heavy atom. The number of benzene rings is 3. The number of nitrogens with zero attached hydrogens (tertiary/aromatic N) is 1. The number of aromatic nitrogens is 1. The molecule has 0 aliphatic rings. The smallest absolute Gasteiger partial charge is 0.255 e. The van der Waals surface area contributed by atoms with Gasteiger partial charge in [-0.3, -0.25) is 9.59 Å². The van der Waals surface area contributed by atoms with E-state index in [2.05, 4.69) is 15.6 Å². The molecule has 1 atom stereocenters. The van der Waals surface area contributed by atoms with Crippen LogP contribution in [0.5, 0.6) is 5.75 Å². The van der Waals surface area contributed by atoms with Crippen LogP contribution < -0.4 is 15.4 Å². The Labute approximate surface area is 212 Å². The molecule has 0 aliphatic carbocycles. The molecule has 1 aromatic heterocycles. The SMILES string of the molecule is COc1cccc(C(=O)Nc2ccc(SC(C)C(=O)Nc3nc(-c4ccccc4)c(C)s3)cc2)c1. The molecule has 0 fully saturated rings. The van der Waals surface area contributed by atoms with Crippen molar-refractivity contribution in [1.29, 1.82) is 0 Å². The van der Waals surface area contributed by atoms with Crippen molar-refractivity contribution in [2.24, 2.45) is 0 Å². The Morgan fingerprint density at radius 1 is 0.971 bits per heavy atom. The molecule has 0 radical (unpaired) electrons. The number of rotatable bonds is 8. The summed E-state index contributed by atoms with van der Waals surface area (Å²) in [4.78, 5) is 31.8. The molecule has 4 aromatic rings. The fourth-order valence-corrected chi connectivity index (χ4v) is 5.07. The van der Waals surface area contributed by atoms with Crippen molar-refractivity contribution < 1.29 is 14.3 Å². The highest BCUT2D eigenvalue weighted by molar-refractivity contribution is 8.00. The molecule has 6 nitrogen and oxygen atoms in total. The molecule has 0 bridgehead atoms. The van der Waals surface area contributed by atoms with Crippen LogP contribution in [-0.2, 0) is 4.79 Å². The lowest BCUT2D eigenvalue weighted by Crippen LogP contribution is -2.22. The van der Waals surface area contributed by atoms with E-state index < -0.39 is 0 Å². The first kappa shape index (κ1) is 24.5. The molecule has 0 spiro atoms. The average Bonchev–Trinajstić information content (AvgIpc) is 3.25. The number of carbonyl (C=O) groups is 2. The Morgan fingerprint density at radius 3 is 2.43 bits per heavy atom. The van der Waals surface area contributed by atoms with Gasteiger partial charge in [-0.25, -0.2) is 4.98 Å². The maximum Gasteiger partial charge on any atom is 0.255 e. The number of aryl methyl sites for hydroxylation is 1. The van der Waals surface area contributed by atoms with Crippen molar-refractivity contribution in [1.82, 2.24) is 4.98 Å². The number of methoxy groups -OCH3 is 1. The van der Waals surface area contributed by atoms with Gasteiger partial charge in [0.25, 0.3) is 5.91 Å². The summed E-state index contributed by atoms with van der Waals surface area (Å²) >= 11 is 2.91. The zero-order valence-corrected chi connectivity index (χ0v) is 21.2. The summed E-state index contributed by atoms with van der Waals surface area (Å²) in [7, 11) is 1.56. The quantitative estimate of drug-likeness (QED) is 0.268. The number of thiazole rings is 1. The molecule has 3 aromatic carbocycles. The van der Waals surface area contributed by atoms with Gasteiger partial charge in [-0.1, -0.05) is 36.4 Å². The van der Waals surface area contributed by atoms with Crippen molar-refractivity contribution in [3.8, 4) is 17.0 Å². The summed E-state index contributed by atoms with van der Waals surface area (Å²) in [5.74, 6) is 0.297. The molecule has 1 heterocycles.